The fraction of sp³-hybridized carbons (Fsp3) is 0.333. The first-order valence-electron chi connectivity index (χ1n) is 5.05. The van der Waals surface area contributed by atoms with Crippen LogP contribution in [0.15, 0.2) is 24.4 Å². The largest absolute Gasteiger partial charge is 0.256 e. The minimum absolute atomic E-state index is 0. The molecule has 0 amide bonds. The fourth-order valence-corrected chi connectivity index (χ4v) is 1.43. The van der Waals surface area contributed by atoms with Gasteiger partial charge in [0.2, 0.25) is 0 Å². The molecule has 0 unspecified atom stereocenters. The zero-order valence-electron chi connectivity index (χ0n) is 9.81. The molecule has 0 aliphatic rings. The third kappa shape index (κ3) is 2.99. The normalized spacial score (nSPS) is 10.2. The maximum atomic E-state index is 4.05. The topological polar surface area (TPSA) is 30.7 Å². The summed E-state index contributed by atoms with van der Waals surface area (Å²) in [6.45, 7) is 4.32. The summed E-state index contributed by atoms with van der Waals surface area (Å²) in [4.78, 5) is 0. The number of rotatable bonds is 2. The molecular formula is C12H14N3Y-. The van der Waals surface area contributed by atoms with Gasteiger partial charge in [0, 0.05) is 46.0 Å². The minimum atomic E-state index is 0. The molecule has 0 N–H and O–H groups in total. The standard InChI is InChI=1S/C12H14N3.Y/c1-9(2)10-4-6-11(7-5-10)12-8-15(3)14-13-12;/h4,6-9H,1-3H3;/q-1;. The Hall–Kier alpha value is -0.536. The number of nitrogens with zero attached hydrogens (tertiary/aromatic N) is 3. The van der Waals surface area contributed by atoms with Crippen LogP contribution in [0.4, 0.5) is 0 Å². The summed E-state index contributed by atoms with van der Waals surface area (Å²) in [7, 11) is 1.86. The molecule has 0 saturated carbocycles. The van der Waals surface area contributed by atoms with Crippen LogP contribution >= 0.6 is 0 Å². The third-order valence-electron chi connectivity index (χ3n) is 2.36. The molecule has 1 heterocycles. The van der Waals surface area contributed by atoms with Crippen LogP contribution in [0, 0.1) is 6.07 Å². The second kappa shape index (κ2) is 5.69. The SMILES string of the molecule is CC(C)c1[c-]cc(-c2cn(C)nn2)cc1.[Y]. The molecule has 0 spiro atoms. The van der Waals surface area contributed by atoms with E-state index in [0.717, 1.165) is 11.3 Å². The van der Waals surface area contributed by atoms with Crippen LogP contribution < -0.4 is 0 Å². The van der Waals surface area contributed by atoms with Crippen molar-refractivity contribution in [2.45, 2.75) is 19.8 Å². The Labute approximate surface area is 121 Å². The van der Waals surface area contributed by atoms with Crippen molar-refractivity contribution in [3.8, 4) is 11.3 Å². The van der Waals surface area contributed by atoms with Gasteiger partial charge in [-0.25, -0.2) is 0 Å². The van der Waals surface area contributed by atoms with Crippen LogP contribution in [-0.2, 0) is 39.8 Å². The second-order valence-corrected chi connectivity index (χ2v) is 3.96. The van der Waals surface area contributed by atoms with Crippen LogP contribution in [0.25, 0.3) is 11.3 Å². The van der Waals surface area contributed by atoms with Gasteiger partial charge in [-0.15, -0.1) is 10.7 Å². The summed E-state index contributed by atoms with van der Waals surface area (Å²) < 4.78 is 1.70. The molecule has 0 aliphatic carbocycles. The van der Waals surface area contributed by atoms with E-state index in [0.29, 0.717) is 5.92 Å². The Morgan fingerprint density at radius 1 is 1.31 bits per heavy atom. The summed E-state index contributed by atoms with van der Waals surface area (Å²) in [5.74, 6) is 0.515. The Balaban J connectivity index is 0.00000128. The molecular weight excluding hydrogens is 275 g/mol. The van der Waals surface area contributed by atoms with Gasteiger partial charge in [-0.2, -0.15) is 29.8 Å². The molecule has 1 aromatic carbocycles. The smallest absolute Gasteiger partial charge is 0.0577 e. The van der Waals surface area contributed by atoms with Crippen LogP contribution in [0.1, 0.15) is 25.3 Å². The number of hydrogen-bond acceptors (Lipinski definition) is 2. The molecule has 81 valence electrons. The summed E-state index contributed by atoms with van der Waals surface area (Å²) in [5.41, 5.74) is 3.18. The molecule has 16 heavy (non-hydrogen) atoms. The van der Waals surface area contributed by atoms with Crippen LogP contribution in [-0.4, -0.2) is 15.0 Å². The van der Waals surface area contributed by atoms with Crippen LogP contribution in [0.5, 0.6) is 0 Å². The molecule has 0 aliphatic heterocycles. The summed E-state index contributed by atoms with van der Waals surface area (Å²) in [6, 6.07) is 9.40. The molecule has 0 atom stereocenters. The number of aryl methyl sites for hydroxylation is 1. The van der Waals surface area contributed by atoms with Crippen molar-refractivity contribution < 1.29 is 32.7 Å². The summed E-state index contributed by atoms with van der Waals surface area (Å²) in [6.07, 6.45) is 1.90. The summed E-state index contributed by atoms with van der Waals surface area (Å²) >= 11 is 0. The van der Waals surface area contributed by atoms with Crippen molar-refractivity contribution >= 4 is 0 Å². The first-order chi connectivity index (χ1) is 7.16. The van der Waals surface area contributed by atoms with Gasteiger partial charge in [0.1, 0.15) is 0 Å². The minimum Gasteiger partial charge on any atom is -0.256 e. The third-order valence-corrected chi connectivity index (χ3v) is 2.36. The van der Waals surface area contributed by atoms with Crippen molar-refractivity contribution in [2.75, 3.05) is 0 Å². The van der Waals surface area contributed by atoms with E-state index in [1.54, 1.807) is 4.68 Å². The van der Waals surface area contributed by atoms with E-state index >= 15 is 0 Å². The van der Waals surface area contributed by atoms with E-state index in [2.05, 4.69) is 42.4 Å². The van der Waals surface area contributed by atoms with Gasteiger partial charge in [-0.3, -0.25) is 4.68 Å². The maximum Gasteiger partial charge on any atom is 0.0577 e. The zero-order chi connectivity index (χ0) is 10.8. The van der Waals surface area contributed by atoms with E-state index in [-0.39, 0.29) is 32.7 Å². The molecule has 0 bridgehead atoms. The van der Waals surface area contributed by atoms with Crippen molar-refractivity contribution in [1.82, 2.24) is 15.0 Å². The van der Waals surface area contributed by atoms with E-state index in [1.165, 1.54) is 5.56 Å². The average Bonchev–Trinajstić information content (AvgIpc) is 2.65. The molecule has 3 nitrogen and oxygen atoms in total. The second-order valence-electron chi connectivity index (χ2n) is 3.96. The van der Waals surface area contributed by atoms with Crippen molar-refractivity contribution in [2.24, 2.45) is 7.05 Å². The molecule has 2 rings (SSSR count). The molecule has 1 aromatic heterocycles. The molecule has 4 heteroatoms. The van der Waals surface area contributed by atoms with Gasteiger partial charge in [-0.05, 0) is 5.92 Å². The van der Waals surface area contributed by atoms with E-state index in [1.807, 2.05) is 19.3 Å². The maximum absolute atomic E-state index is 4.05. The van der Waals surface area contributed by atoms with Crippen LogP contribution in [0.3, 0.4) is 0 Å². The van der Waals surface area contributed by atoms with Crippen molar-refractivity contribution in [3.63, 3.8) is 0 Å². The Bertz CT molecular complexity index is 446. The van der Waals surface area contributed by atoms with Gasteiger partial charge in [0.05, 0.1) is 5.69 Å². The van der Waals surface area contributed by atoms with E-state index in [9.17, 15) is 0 Å². The van der Waals surface area contributed by atoms with E-state index in [4.69, 9.17) is 0 Å². The van der Waals surface area contributed by atoms with Gasteiger partial charge in [0.15, 0.2) is 0 Å². The first-order valence-corrected chi connectivity index (χ1v) is 5.05. The Kier molecular flexibility index (Phi) is 4.81. The average molecular weight is 289 g/mol. The van der Waals surface area contributed by atoms with Crippen molar-refractivity contribution in [3.05, 3.63) is 36.0 Å². The first kappa shape index (κ1) is 13.5. The quantitative estimate of drug-likeness (QED) is 0.795. The predicted octanol–water partition coefficient (Wildman–Crippen LogP) is 2.40. The fourth-order valence-electron chi connectivity index (χ4n) is 1.43. The molecule has 0 saturated heterocycles. The molecule has 0 fully saturated rings. The van der Waals surface area contributed by atoms with Gasteiger partial charge in [-0.1, -0.05) is 19.1 Å². The van der Waals surface area contributed by atoms with Gasteiger partial charge in [0.25, 0.3) is 0 Å². The van der Waals surface area contributed by atoms with Gasteiger partial charge >= 0.3 is 0 Å². The number of aromatic nitrogens is 3. The van der Waals surface area contributed by atoms with Gasteiger partial charge < -0.3 is 0 Å². The Morgan fingerprint density at radius 3 is 2.50 bits per heavy atom. The molecule has 1 radical (unpaired) electrons. The predicted molar refractivity (Wildman–Crippen MR) is 59.4 cm³/mol. The van der Waals surface area contributed by atoms with E-state index < -0.39 is 0 Å². The monoisotopic (exact) mass is 289 g/mol. The van der Waals surface area contributed by atoms with Crippen molar-refractivity contribution in [1.29, 1.82) is 0 Å². The zero-order valence-corrected chi connectivity index (χ0v) is 12.6. The molecule has 2 aromatic rings. The number of hydrogen-bond donors (Lipinski definition) is 0. The summed E-state index contributed by atoms with van der Waals surface area (Å²) in [5, 5.41) is 7.96. The Morgan fingerprint density at radius 2 is 2.06 bits per heavy atom. The number of benzene rings is 1. The van der Waals surface area contributed by atoms with Crippen LogP contribution in [0.2, 0.25) is 0 Å².